The van der Waals surface area contributed by atoms with E-state index in [0.717, 1.165) is 31.2 Å². The average Bonchev–Trinajstić information content (AvgIpc) is 3.55. The summed E-state index contributed by atoms with van der Waals surface area (Å²) in [7, 11) is 3.23. The Bertz CT molecular complexity index is 1270. The fraction of sp³-hybridized carbons (Fsp3) is 0.649. The molecule has 3 rings (SSSR count). The Morgan fingerprint density at radius 1 is 0.957 bits per heavy atom. The average molecular weight is 670 g/mol. The van der Waals surface area contributed by atoms with Crippen molar-refractivity contribution in [2.45, 2.75) is 123 Å². The van der Waals surface area contributed by atoms with Gasteiger partial charge in [0.1, 0.15) is 10.7 Å². The summed E-state index contributed by atoms with van der Waals surface area (Å²) in [5.41, 5.74) is 1.26. The standard InChI is InChI=1S/C37H55N3O6S/c1-25(2)32(40(5)36(43)29-19-15-10-8-7-9-11-16-20-29)23-33(46-27(4)41)35-39-31(24-47-35)34(42)38-30(21-26(3)37(44)45-6)22-28-17-13-12-14-18-28/h12-14,17-18,24-26,29-30,32-33H,7-11,15-16,19-23H2,1-6H3,(H,38,42)/t26-,30+,32+,33+/m0/s1. The minimum atomic E-state index is -0.704. The number of hydrogen-bond donors (Lipinski definition) is 1. The molecular weight excluding hydrogens is 614 g/mol. The summed E-state index contributed by atoms with van der Waals surface area (Å²) in [5.74, 6) is -1.27. The van der Waals surface area contributed by atoms with Gasteiger partial charge in [-0.05, 0) is 37.2 Å². The van der Waals surface area contributed by atoms with Crippen LogP contribution in [0.15, 0.2) is 35.7 Å². The summed E-state index contributed by atoms with van der Waals surface area (Å²) in [6, 6.07) is 9.27. The Kier molecular flexibility index (Phi) is 15.9. The second kappa shape index (κ2) is 19.5. The SMILES string of the molecule is COC(=O)[C@@H](C)C[C@H](Cc1ccccc1)NC(=O)c1csc([C@@H](C[C@H](C(C)C)N(C)C(=O)C2CCCCCCCCC2)OC(C)=O)n1. The van der Waals surface area contributed by atoms with Crippen LogP contribution in [0.5, 0.6) is 0 Å². The van der Waals surface area contributed by atoms with Crippen molar-refractivity contribution in [3.63, 3.8) is 0 Å². The number of carbonyl (C=O) groups is 4. The smallest absolute Gasteiger partial charge is 0.308 e. The second-order valence-corrected chi connectivity index (χ2v) is 14.3. The van der Waals surface area contributed by atoms with Gasteiger partial charge in [0.2, 0.25) is 5.91 Å². The van der Waals surface area contributed by atoms with Gasteiger partial charge >= 0.3 is 11.9 Å². The highest BCUT2D eigenvalue weighted by atomic mass is 32.1. The van der Waals surface area contributed by atoms with Crippen molar-refractivity contribution in [3.8, 4) is 0 Å². The molecule has 1 aliphatic carbocycles. The molecule has 260 valence electrons. The highest BCUT2D eigenvalue weighted by Crippen LogP contribution is 2.32. The minimum absolute atomic E-state index is 0.00687. The first kappa shape index (κ1) is 38.2. The fourth-order valence-electron chi connectivity index (χ4n) is 6.62. The van der Waals surface area contributed by atoms with Crippen molar-refractivity contribution in [2.24, 2.45) is 17.8 Å². The number of esters is 2. The summed E-state index contributed by atoms with van der Waals surface area (Å²) in [5, 5.41) is 5.25. The predicted molar refractivity (Wildman–Crippen MR) is 185 cm³/mol. The van der Waals surface area contributed by atoms with Gasteiger partial charge in [-0.15, -0.1) is 11.3 Å². The van der Waals surface area contributed by atoms with E-state index in [1.165, 1.54) is 57.5 Å². The van der Waals surface area contributed by atoms with Crippen molar-refractivity contribution in [3.05, 3.63) is 52.0 Å². The van der Waals surface area contributed by atoms with Crippen molar-refractivity contribution in [2.75, 3.05) is 14.2 Å². The normalized spacial score (nSPS) is 17.2. The largest absolute Gasteiger partial charge is 0.469 e. The molecule has 2 amide bonds. The minimum Gasteiger partial charge on any atom is -0.469 e. The molecule has 2 aromatic rings. The third-order valence-electron chi connectivity index (χ3n) is 9.26. The van der Waals surface area contributed by atoms with Gasteiger partial charge in [-0.25, -0.2) is 4.98 Å². The molecule has 1 aliphatic rings. The number of amides is 2. The van der Waals surface area contributed by atoms with Crippen LogP contribution in [0.1, 0.15) is 125 Å². The summed E-state index contributed by atoms with van der Waals surface area (Å²) in [6.45, 7) is 7.31. The van der Waals surface area contributed by atoms with Gasteiger partial charge in [0.15, 0.2) is 6.10 Å². The molecule has 1 saturated carbocycles. The van der Waals surface area contributed by atoms with E-state index < -0.39 is 18.0 Å². The molecule has 10 heteroatoms. The van der Waals surface area contributed by atoms with E-state index in [-0.39, 0.29) is 47.4 Å². The van der Waals surface area contributed by atoms with Crippen LogP contribution in [-0.2, 0) is 30.3 Å². The number of rotatable bonds is 14. The van der Waals surface area contributed by atoms with Gasteiger partial charge in [0.05, 0.1) is 13.0 Å². The second-order valence-electron chi connectivity index (χ2n) is 13.4. The maximum Gasteiger partial charge on any atom is 0.308 e. The van der Waals surface area contributed by atoms with Gasteiger partial charge in [-0.3, -0.25) is 19.2 Å². The van der Waals surface area contributed by atoms with Crippen LogP contribution in [-0.4, -0.2) is 59.9 Å². The van der Waals surface area contributed by atoms with Crippen LogP contribution in [0.4, 0.5) is 0 Å². The van der Waals surface area contributed by atoms with Crippen molar-refractivity contribution in [1.82, 2.24) is 15.2 Å². The Morgan fingerprint density at radius 2 is 1.57 bits per heavy atom. The summed E-state index contributed by atoms with van der Waals surface area (Å²) in [4.78, 5) is 58.3. The van der Waals surface area contributed by atoms with Crippen LogP contribution in [0.3, 0.4) is 0 Å². The molecule has 0 unspecified atom stereocenters. The molecule has 0 radical (unpaired) electrons. The number of thiazole rings is 1. The monoisotopic (exact) mass is 669 g/mol. The quantitative estimate of drug-likeness (QED) is 0.210. The van der Waals surface area contributed by atoms with E-state index in [1.807, 2.05) is 42.3 Å². The zero-order chi connectivity index (χ0) is 34.3. The molecule has 1 aromatic heterocycles. The lowest BCUT2D eigenvalue weighted by Gasteiger charge is -2.35. The number of ether oxygens (including phenoxy) is 2. The van der Waals surface area contributed by atoms with Gasteiger partial charge in [-0.2, -0.15) is 0 Å². The molecule has 1 heterocycles. The van der Waals surface area contributed by atoms with Crippen molar-refractivity contribution in [1.29, 1.82) is 0 Å². The maximum atomic E-state index is 13.8. The van der Waals surface area contributed by atoms with Crippen LogP contribution in [0.25, 0.3) is 0 Å². The molecule has 4 atom stereocenters. The number of benzene rings is 1. The van der Waals surface area contributed by atoms with Gasteiger partial charge in [-0.1, -0.05) is 96.0 Å². The van der Waals surface area contributed by atoms with Gasteiger partial charge < -0.3 is 19.7 Å². The zero-order valence-corrected chi connectivity index (χ0v) is 30.0. The molecular formula is C37H55N3O6S. The number of methoxy groups -OCH3 is 1. The van der Waals surface area contributed by atoms with Gasteiger partial charge in [0, 0.05) is 43.8 Å². The Morgan fingerprint density at radius 3 is 2.15 bits per heavy atom. The van der Waals surface area contributed by atoms with E-state index in [4.69, 9.17) is 9.47 Å². The first-order valence-corrected chi connectivity index (χ1v) is 18.2. The molecule has 0 aliphatic heterocycles. The van der Waals surface area contributed by atoms with E-state index in [9.17, 15) is 19.2 Å². The molecule has 1 N–H and O–H groups in total. The lowest BCUT2D eigenvalue weighted by atomic mass is 9.89. The number of hydrogen-bond acceptors (Lipinski definition) is 8. The molecule has 0 bridgehead atoms. The first-order chi connectivity index (χ1) is 22.5. The molecule has 0 saturated heterocycles. The third kappa shape index (κ3) is 12.4. The van der Waals surface area contributed by atoms with E-state index in [1.54, 1.807) is 12.3 Å². The van der Waals surface area contributed by atoms with Crippen molar-refractivity contribution < 1.29 is 28.7 Å². The maximum absolute atomic E-state index is 13.8. The fourth-order valence-corrected chi connectivity index (χ4v) is 7.46. The van der Waals surface area contributed by atoms with Crippen LogP contribution >= 0.6 is 11.3 Å². The number of nitrogens with one attached hydrogen (secondary N) is 1. The lowest BCUT2D eigenvalue weighted by molar-refractivity contribution is -0.149. The Labute approximate surface area is 285 Å². The van der Waals surface area contributed by atoms with Crippen molar-refractivity contribution >= 4 is 35.1 Å². The van der Waals surface area contributed by atoms with E-state index >= 15 is 0 Å². The van der Waals surface area contributed by atoms with Crippen LogP contribution < -0.4 is 5.32 Å². The molecule has 1 fully saturated rings. The predicted octanol–water partition coefficient (Wildman–Crippen LogP) is 7.30. The molecule has 1 aromatic carbocycles. The van der Waals surface area contributed by atoms with Gasteiger partial charge in [0.25, 0.3) is 5.91 Å². The molecule has 0 spiro atoms. The zero-order valence-electron chi connectivity index (χ0n) is 29.2. The Balaban J connectivity index is 1.76. The number of nitrogens with zero attached hydrogens (tertiary/aromatic N) is 2. The highest BCUT2D eigenvalue weighted by Gasteiger charge is 2.33. The van der Waals surface area contributed by atoms with Crippen LogP contribution in [0.2, 0.25) is 0 Å². The summed E-state index contributed by atoms with van der Waals surface area (Å²) in [6.07, 6.45) is 10.7. The Hall–Kier alpha value is -3.27. The highest BCUT2D eigenvalue weighted by molar-refractivity contribution is 7.09. The first-order valence-electron chi connectivity index (χ1n) is 17.3. The molecule has 47 heavy (non-hydrogen) atoms. The molecule has 9 nitrogen and oxygen atoms in total. The third-order valence-corrected chi connectivity index (χ3v) is 10.2. The topological polar surface area (TPSA) is 115 Å². The van der Waals surface area contributed by atoms with E-state index in [0.29, 0.717) is 24.3 Å². The van der Waals surface area contributed by atoms with E-state index in [2.05, 4.69) is 24.1 Å². The summed E-state index contributed by atoms with van der Waals surface area (Å²) < 4.78 is 10.7. The summed E-state index contributed by atoms with van der Waals surface area (Å²) >= 11 is 1.27. The number of aromatic nitrogens is 1. The number of carbonyl (C=O) groups excluding carboxylic acids is 4. The van der Waals surface area contributed by atoms with Crippen LogP contribution in [0, 0.1) is 17.8 Å². The lowest BCUT2D eigenvalue weighted by Crippen LogP contribution is -2.44.